The molecule has 0 aliphatic carbocycles. The summed E-state index contributed by atoms with van der Waals surface area (Å²) < 4.78 is 0.908. The second-order valence-corrected chi connectivity index (χ2v) is 6.16. The summed E-state index contributed by atoms with van der Waals surface area (Å²) in [7, 11) is 0. The highest BCUT2D eigenvalue weighted by atomic mass is 79.9. The number of carbonyl (C=O) groups excluding carboxylic acids is 2. The van der Waals surface area contributed by atoms with Crippen LogP contribution in [0.15, 0.2) is 53.0 Å². The molecule has 0 heterocycles. The van der Waals surface area contributed by atoms with Crippen LogP contribution >= 0.6 is 15.9 Å². The zero-order valence-electron chi connectivity index (χ0n) is 13.4. The Morgan fingerprint density at radius 2 is 1.79 bits per heavy atom. The molecule has 0 unspecified atom stereocenters. The Morgan fingerprint density at radius 3 is 2.46 bits per heavy atom. The van der Waals surface area contributed by atoms with E-state index in [2.05, 4.69) is 31.9 Å². The minimum Gasteiger partial charge on any atom is -0.376 e. The molecule has 0 radical (unpaired) electrons. The first-order valence-corrected chi connectivity index (χ1v) is 8.55. The van der Waals surface area contributed by atoms with E-state index < -0.39 is 0 Å². The number of nitrogens with one attached hydrogen (secondary N) is 3. The first-order valence-electron chi connectivity index (χ1n) is 7.76. The Morgan fingerprint density at radius 1 is 1.04 bits per heavy atom. The van der Waals surface area contributed by atoms with Crippen LogP contribution in [-0.4, -0.2) is 24.9 Å². The quantitative estimate of drug-likeness (QED) is 0.676. The molecule has 5 nitrogen and oxygen atoms in total. The van der Waals surface area contributed by atoms with Gasteiger partial charge < -0.3 is 16.0 Å². The van der Waals surface area contributed by atoms with Gasteiger partial charge in [0.2, 0.25) is 5.91 Å². The highest BCUT2D eigenvalue weighted by molar-refractivity contribution is 9.10. The number of rotatable bonds is 7. The van der Waals surface area contributed by atoms with E-state index in [4.69, 9.17) is 0 Å². The molecule has 0 aliphatic heterocycles. The van der Waals surface area contributed by atoms with Crippen LogP contribution in [0.25, 0.3) is 0 Å². The number of halogens is 1. The van der Waals surface area contributed by atoms with Gasteiger partial charge in [-0.2, -0.15) is 0 Å². The van der Waals surface area contributed by atoms with E-state index in [1.807, 2.05) is 31.2 Å². The van der Waals surface area contributed by atoms with Gasteiger partial charge in [-0.3, -0.25) is 9.59 Å². The van der Waals surface area contributed by atoms with Crippen molar-refractivity contribution in [2.24, 2.45) is 0 Å². The van der Waals surface area contributed by atoms with E-state index >= 15 is 0 Å². The third-order valence-electron chi connectivity index (χ3n) is 3.24. The van der Waals surface area contributed by atoms with Gasteiger partial charge in [-0.05, 0) is 48.9 Å². The van der Waals surface area contributed by atoms with Crippen LogP contribution in [0.3, 0.4) is 0 Å². The summed E-state index contributed by atoms with van der Waals surface area (Å²) in [6.07, 6.45) is 0.901. The van der Waals surface area contributed by atoms with Crippen molar-refractivity contribution in [1.29, 1.82) is 0 Å². The van der Waals surface area contributed by atoms with E-state index in [9.17, 15) is 9.59 Å². The van der Waals surface area contributed by atoms with Crippen LogP contribution in [0, 0.1) is 0 Å². The van der Waals surface area contributed by atoms with Gasteiger partial charge in [-0.15, -0.1) is 0 Å². The van der Waals surface area contributed by atoms with Gasteiger partial charge in [0.25, 0.3) is 5.91 Å². The lowest BCUT2D eigenvalue weighted by Crippen LogP contribution is -2.24. The van der Waals surface area contributed by atoms with Crippen LogP contribution < -0.4 is 16.0 Å². The normalized spacial score (nSPS) is 10.1. The first kappa shape index (κ1) is 18.0. The van der Waals surface area contributed by atoms with Crippen LogP contribution in [-0.2, 0) is 4.79 Å². The van der Waals surface area contributed by atoms with Gasteiger partial charge in [-0.25, -0.2) is 0 Å². The summed E-state index contributed by atoms with van der Waals surface area (Å²) in [4.78, 5) is 23.7. The number of hydrogen-bond donors (Lipinski definition) is 3. The van der Waals surface area contributed by atoms with Gasteiger partial charge in [0, 0.05) is 28.0 Å². The molecule has 0 bridgehead atoms. The lowest BCUT2D eigenvalue weighted by atomic mass is 10.2. The molecule has 2 rings (SSSR count). The minimum atomic E-state index is -0.141. The maximum atomic E-state index is 11.9. The van der Waals surface area contributed by atoms with Crippen molar-refractivity contribution >= 4 is 39.1 Å². The highest BCUT2D eigenvalue weighted by Gasteiger charge is 2.05. The zero-order valence-corrected chi connectivity index (χ0v) is 15.0. The highest BCUT2D eigenvalue weighted by Crippen LogP contribution is 2.15. The van der Waals surface area contributed by atoms with E-state index in [0.29, 0.717) is 12.1 Å². The average Bonchev–Trinajstić information content (AvgIpc) is 2.58. The smallest absolute Gasteiger partial charge is 0.251 e. The SMILES string of the molecule is CCCNC(=O)c1ccc(NCC(=O)Nc2cccc(Br)c2)cc1. The summed E-state index contributed by atoms with van der Waals surface area (Å²) in [6.45, 7) is 2.81. The van der Waals surface area contributed by atoms with Crippen molar-refractivity contribution in [3.05, 3.63) is 58.6 Å². The molecule has 126 valence electrons. The summed E-state index contributed by atoms with van der Waals surface area (Å²) in [6, 6.07) is 14.5. The fourth-order valence-electron chi connectivity index (χ4n) is 2.03. The molecule has 0 saturated carbocycles. The van der Waals surface area contributed by atoms with E-state index in [1.54, 1.807) is 24.3 Å². The summed E-state index contributed by atoms with van der Waals surface area (Å²) in [5, 5.41) is 8.67. The molecule has 2 aromatic carbocycles. The van der Waals surface area contributed by atoms with Crippen molar-refractivity contribution in [2.75, 3.05) is 23.7 Å². The topological polar surface area (TPSA) is 70.2 Å². The van der Waals surface area contributed by atoms with E-state index in [1.165, 1.54) is 0 Å². The number of hydrogen-bond acceptors (Lipinski definition) is 3. The minimum absolute atomic E-state index is 0.0872. The predicted octanol–water partition coefficient (Wildman–Crippen LogP) is 3.64. The van der Waals surface area contributed by atoms with E-state index in [-0.39, 0.29) is 18.4 Å². The summed E-state index contributed by atoms with van der Waals surface area (Å²) in [5.41, 5.74) is 2.12. The Kier molecular flexibility index (Phi) is 6.81. The van der Waals surface area contributed by atoms with Gasteiger partial charge in [0.1, 0.15) is 0 Å². The van der Waals surface area contributed by atoms with Crippen molar-refractivity contribution in [1.82, 2.24) is 5.32 Å². The third kappa shape index (κ3) is 5.70. The second-order valence-electron chi connectivity index (χ2n) is 5.25. The maximum Gasteiger partial charge on any atom is 0.251 e. The van der Waals surface area contributed by atoms with Crippen LogP contribution in [0.4, 0.5) is 11.4 Å². The summed E-state index contributed by atoms with van der Waals surface area (Å²) >= 11 is 3.36. The standard InChI is InChI=1S/C18H20BrN3O2/c1-2-10-20-18(24)13-6-8-15(9-7-13)21-12-17(23)22-16-5-3-4-14(19)11-16/h3-9,11,21H,2,10,12H2,1H3,(H,20,24)(H,22,23). The molecule has 3 N–H and O–H groups in total. The average molecular weight is 390 g/mol. The first-order chi connectivity index (χ1) is 11.6. The third-order valence-corrected chi connectivity index (χ3v) is 3.74. The molecule has 0 atom stereocenters. The van der Waals surface area contributed by atoms with Gasteiger partial charge >= 0.3 is 0 Å². The molecule has 2 amide bonds. The van der Waals surface area contributed by atoms with Crippen molar-refractivity contribution in [2.45, 2.75) is 13.3 Å². The molecule has 0 fully saturated rings. The monoisotopic (exact) mass is 389 g/mol. The maximum absolute atomic E-state index is 11.9. The van der Waals surface area contributed by atoms with Crippen molar-refractivity contribution in [3.8, 4) is 0 Å². The van der Waals surface area contributed by atoms with Gasteiger partial charge in [-0.1, -0.05) is 28.9 Å². The van der Waals surface area contributed by atoms with Crippen LogP contribution in [0.2, 0.25) is 0 Å². The van der Waals surface area contributed by atoms with Gasteiger partial charge in [0.05, 0.1) is 6.54 Å². The van der Waals surface area contributed by atoms with E-state index in [0.717, 1.165) is 22.3 Å². The van der Waals surface area contributed by atoms with Crippen LogP contribution in [0.5, 0.6) is 0 Å². The van der Waals surface area contributed by atoms with Crippen molar-refractivity contribution in [3.63, 3.8) is 0 Å². The number of anilines is 2. The fourth-order valence-corrected chi connectivity index (χ4v) is 2.43. The molecular formula is C18H20BrN3O2. The lowest BCUT2D eigenvalue weighted by Gasteiger charge is -2.09. The van der Waals surface area contributed by atoms with Crippen molar-refractivity contribution < 1.29 is 9.59 Å². The summed E-state index contributed by atoms with van der Waals surface area (Å²) in [5.74, 6) is -0.228. The largest absolute Gasteiger partial charge is 0.376 e. The molecule has 2 aromatic rings. The Balaban J connectivity index is 1.83. The number of carbonyl (C=O) groups is 2. The molecule has 0 spiro atoms. The molecule has 24 heavy (non-hydrogen) atoms. The van der Waals surface area contributed by atoms with Gasteiger partial charge in [0.15, 0.2) is 0 Å². The molecule has 0 aliphatic rings. The second kappa shape index (κ2) is 9.08. The Hall–Kier alpha value is -2.34. The molecule has 0 aromatic heterocycles. The fraction of sp³-hybridized carbons (Fsp3) is 0.222. The lowest BCUT2D eigenvalue weighted by molar-refractivity contribution is -0.114. The Labute approximate surface area is 150 Å². The number of benzene rings is 2. The number of amides is 2. The predicted molar refractivity (Wildman–Crippen MR) is 100 cm³/mol. The zero-order chi connectivity index (χ0) is 17.4. The van der Waals surface area contributed by atoms with Crippen LogP contribution in [0.1, 0.15) is 23.7 Å². The molecule has 6 heteroatoms. The molecule has 0 saturated heterocycles. The Bertz CT molecular complexity index is 702. The molecular weight excluding hydrogens is 370 g/mol.